The van der Waals surface area contributed by atoms with Gasteiger partial charge < -0.3 is 9.80 Å². The van der Waals surface area contributed by atoms with Gasteiger partial charge in [0.05, 0.1) is 0 Å². The Labute approximate surface area is 153 Å². The maximum Gasteiger partial charge on any atom is 0.254 e. The summed E-state index contributed by atoms with van der Waals surface area (Å²) >= 11 is 3.43. The number of nitrogens with zero attached hydrogens (tertiary/aromatic N) is 2. The van der Waals surface area contributed by atoms with E-state index in [1.54, 1.807) is 0 Å². The van der Waals surface area contributed by atoms with Gasteiger partial charge in [0.15, 0.2) is 0 Å². The van der Waals surface area contributed by atoms with Gasteiger partial charge in [-0.2, -0.15) is 0 Å². The lowest BCUT2D eigenvalue weighted by atomic mass is 9.94. The molecule has 24 heavy (non-hydrogen) atoms. The van der Waals surface area contributed by atoms with Crippen LogP contribution in [0.4, 0.5) is 0 Å². The molecule has 132 valence electrons. The Kier molecular flexibility index (Phi) is 6.84. The van der Waals surface area contributed by atoms with E-state index in [2.05, 4.69) is 22.9 Å². The molecule has 0 N–H and O–H groups in total. The summed E-state index contributed by atoms with van der Waals surface area (Å²) in [5.41, 5.74) is 1.73. The number of unbranched alkanes of at least 4 members (excludes halogenated alkanes) is 1. The lowest BCUT2D eigenvalue weighted by molar-refractivity contribution is -0.135. The van der Waals surface area contributed by atoms with Crippen LogP contribution in [-0.4, -0.2) is 48.3 Å². The van der Waals surface area contributed by atoms with Crippen LogP contribution in [0.2, 0.25) is 0 Å². The second-order valence-corrected chi connectivity index (χ2v) is 7.55. The summed E-state index contributed by atoms with van der Waals surface area (Å²) in [4.78, 5) is 28.9. The number of halogens is 1. The third-order valence-electron chi connectivity index (χ3n) is 4.77. The molecule has 1 aromatic rings. The van der Waals surface area contributed by atoms with Crippen molar-refractivity contribution in [3.63, 3.8) is 0 Å². The number of likely N-dealkylation sites (tertiary alicyclic amines) is 1. The third kappa shape index (κ3) is 4.59. The molecule has 4 nitrogen and oxygen atoms in total. The predicted octanol–water partition coefficient (Wildman–Crippen LogP) is 3.87. The summed E-state index contributed by atoms with van der Waals surface area (Å²) in [6.45, 7) is 6.23. The number of hydrogen-bond donors (Lipinski definition) is 0. The summed E-state index contributed by atoms with van der Waals surface area (Å²) in [6.07, 6.45) is 3.66. The van der Waals surface area contributed by atoms with Crippen LogP contribution in [0.3, 0.4) is 0 Å². The van der Waals surface area contributed by atoms with E-state index in [0.717, 1.165) is 47.8 Å². The van der Waals surface area contributed by atoms with Crippen molar-refractivity contribution in [2.45, 2.75) is 39.5 Å². The quantitative estimate of drug-likeness (QED) is 0.760. The maximum absolute atomic E-state index is 12.7. The number of aryl methyl sites for hydroxylation is 1. The molecule has 0 spiro atoms. The molecule has 0 bridgehead atoms. The van der Waals surface area contributed by atoms with Crippen LogP contribution >= 0.6 is 15.9 Å². The summed E-state index contributed by atoms with van der Waals surface area (Å²) in [6, 6.07) is 5.74. The molecule has 0 aromatic heterocycles. The molecule has 1 aromatic carbocycles. The highest BCUT2D eigenvalue weighted by molar-refractivity contribution is 9.10. The van der Waals surface area contributed by atoms with Gasteiger partial charge >= 0.3 is 0 Å². The van der Waals surface area contributed by atoms with Crippen LogP contribution in [0.25, 0.3) is 0 Å². The maximum atomic E-state index is 12.7. The molecular weight excluding hydrogens is 368 g/mol. The Morgan fingerprint density at radius 1 is 1.29 bits per heavy atom. The first-order valence-electron chi connectivity index (χ1n) is 8.74. The number of amides is 2. The molecule has 0 aliphatic carbocycles. The van der Waals surface area contributed by atoms with Crippen molar-refractivity contribution in [3.05, 3.63) is 33.8 Å². The zero-order chi connectivity index (χ0) is 17.7. The highest BCUT2D eigenvalue weighted by Gasteiger charge is 2.29. The van der Waals surface area contributed by atoms with Crippen molar-refractivity contribution < 1.29 is 9.59 Å². The SMILES string of the molecule is CCCCN(C)C(=O)C1CCN(C(=O)c2ccc(Br)cc2C)CC1. The molecular formula is C19H27BrN2O2. The van der Waals surface area contributed by atoms with Gasteiger partial charge in [0.2, 0.25) is 5.91 Å². The second kappa shape index (κ2) is 8.65. The summed E-state index contributed by atoms with van der Waals surface area (Å²) in [5, 5.41) is 0. The highest BCUT2D eigenvalue weighted by Crippen LogP contribution is 2.23. The number of carbonyl (C=O) groups excluding carboxylic acids is 2. The van der Waals surface area contributed by atoms with Gasteiger partial charge in [-0.05, 0) is 49.9 Å². The normalized spacial score (nSPS) is 15.4. The van der Waals surface area contributed by atoms with Gasteiger partial charge in [0.25, 0.3) is 5.91 Å². The minimum absolute atomic E-state index is 0.0573. The average Bonchev–Trinajstić information content (AvgIpc) is 2.58. The molecule has 5 heteroatoms. The lowest BCUT2D eigenvalue weighted by Gasteiger charge is -2.33. The number of carbonyl (C=O) groups is 2. The van der Waals surface area contributed by atoms with Gasteiger partial charge in [-0.25, -0.2) is 0 Å². The standard InChI is InChI=1S/C19H27BrN2O2/c1-4-5-10-21(3)18(23)15-8-11-22(12-9-15)19(24)17-7-6-16(20)13-14(17)2/h6-7,13,15H,4-5,8-12H2,1-3H3. The van der Waals surface area contributed by atoms with Crippen molar-refractivity contribution in [2.75, 3.05) is 26.7 Å². The smallest absolute Gasteiger partial charge is 0.254 e. The first-order valence-corrected chi connectivity index (χ1v) is 9.53. The second-order valence-electron chi connectivity index (χ2n) is 6.64. The fourth-order valence-corrected chi connectivity index (χ4v) is 3.66. The van der Waals surface area contributed by atoms with Crippen LogP contribution in [0.5, 0.6) is 0 Å². The number of hydrogen-bond acceptors (Lipinski definition) is 2. The zero-order valence-corrected chi connectivity index (χ0v) is 16.4. The Hall–Kier alpha value is -1.36. The molecule has 1 aliphatic rings. The van der Waals surface area contributed by atoms with E-state index in [4.69, 9.17) is 0 Å². The molecule has 1 aliphatic heterocycles. The van der Waals surface area contributed by atoms with E-state index in [-0.39, 0.29) is 17.7 Å². The van der Waals surface area contributed by atoms with E-state index in [0.29, 0.717) is 13.1 Å². The zero-order valence-electron chi connectivity index (χ0n) is 14.8. The summed E-state index contributed by atoms with van der Waals surface area (Å²) in [5.74, 6) is 0.363. The van der Waals surface area contributed by atoms with Crippen molar-refractivity contribution in [3.8, 4) is 0 Å². The van der Waals surface area contributed by atoms with Gasteiger partial charge in [-0.1, -0.05) is 29.3 Å². The Morgan fingerprint density at radius 3 is 2.54 bits per heavy atom. The molecule has 0 radical (unpaired) electrons. The Morgan fingerprint density at radius 2 is 1.96 bits per heavy atom. The highest BCUT2D eigenvalue weighted by atomic mass is 79.9. The van der Waals surface area contributed by atoms with Crippen molar-refractivity contribution in [1.82, 2.24) is 9.80 Å². The van der Waals surface area contributed by atoms with Crippen molar-refractivity contribution >= 4 is 27.7 Å². The molecule has 2 rings (SSSR count). The molecule has 2 amide bonds. The van der Waals surface area contributed by atoms with Crippen LogP contribution in [0, 0.1) is 12.8 Å². The van der Waals surface area contributed by atoms with Crippen LogP contribution < -0.4 is 0 Å². The summed E-state index contributed by atoms with van der Waals surface area (Å²) in [7, 11) is 1.89. The molecule has 1 heterocycles. The largest absolute Gasteiger partial charge is 0.346 e. The third-order valence-corrected chi connectivity index (χ3v) is 5.27. The molecule has 1 saturated heterocycles. The van der Waals surface area contributed by atoms with E-state index >= 15 is 0 Å². The predicted molar refractivity (Wildman–Crippen MR) is 100 cm³/mol. The minimum atomic E-state index is 0.0573. The van der Waals surface area contributed by atoms with Crippen LogP contribution in [0.15, 0.2) is 22.7 Å². The number of benzene rings is 1. The van der Waals surface area contributed by atoms with Crippen molar-refractivity contribution in [2.24, 2.45) is 5.92 Å². The lowest BCUT2D eigenvalue weighted by Crippen LogP contribution is -2.43. The fraction of sp³-hybridized carbons (Fsp3) is 0.579. The number of piperidine rings is 1. The van der Waals surface area contributed by atoms with Crippen molar-refractivity contribution in [1.29, 1.82) is 0 Å². The molecule has 1 fully saturated rings. The van der Waals surface area contributed by atoms with Gasteiger partial charge in [-0.15, -0.1) is 0 Å². The topological polar surface area (TPSA) is 40.6 Å². The van der Waals surface area contributed by atoms with E-state index < -0.39 is 0 Å². The minimum Gasteiger partial charge on any atom is -0.346 e. The first kappa shape index (κ1) is 19.0. The van der Waals surface area contributed by atoms with Crippen LogP contribution in [0.1, 0.15) is 48.5 Å². The van der Waals surface area contributed by atoms with Gasteiger partial charge in [-0.3, -0.25) is 9.59 Å². The molecule has 0 unspecified atom stereocenters. The summed E-state index contributed by atoms with van der Waals surface area (Å²) < 4.78 is 0.982. The average molecular weight is 395 g/mol. The fourth-order valence-electron chi connectivity index (χ4n) is 3.18. The van der Waals surface area contributed by atoms with E-state index in [1.807, 2.05) is 42.0 Å². The van der Waals surface area contributed by atoms with E-state index in [9.17, 15) is 9.59 Å². The molecule has 0 atom stereocenters. The van der Waals surface area contributed by atoms with Gasteiger partial charge in [0, 0.05) is 42.6 Å². The van der Waals surface area contributed by atoms with Crippen LogP contribution in [-0.2, 0) is 4.79 Å². The number of rotatable bonds is 5. The Balaban J connectivity index is 1.92. The first-order chi connectivity index (χ1) is 11.4. The Bertz CT molecular complexity index is 595. The van der Waals surface area contributed by atoms with E-state index in [1.165, 1.54) is 0 Å². The molecule has 0 saturated carbocycles. The van der Waals surface area contributed by atoms with Gasteiger partial charge in [0.1, 0.15) is 0 Å². The monoisotopic (exact) mass is 394 g/mol.